The molecule has 0 fully saturated rings. The number of anilines is 1. The second kappa shape index (κ2) is 7.19. The average molecular weight is 271 g/mol. The van der Waals surface area contributed by atoms with E-state index >= 15 is 0 Å². The van der Waals surface area contributed by atoms with Crippen molar-refractivity contribution in [3.8, 4) is 5.75 Å². The van der Waals surface area contributed by atoms with Crippen LogP contribution in [0.15, 0.2) is 59.4 Å². The van der Waals surface area contributed by atoms with Gasteiger partial charge in [-0.25, -0.2) is 0 Å². The van der Waals surface area contributed by atoms with Crippen LogP contribution in [0, 0.1) is 0 Å². The number of carbonyl (C=O) groups is 1. The highest BCUT2D eigenvalue weighted by Gasteiger charge is 2.02. The first kappa shape index (κ1) is 13.9. The number of benzene rings is 1. The van der Waals surface area contributed by atoms with Gasteiger partial charge in [0.1, 0.15) is 5.75 Å². The maximum Gasteiger partial charge on any atom is 0.222 e. The third-order valence-electron chi connectivity index (χ3n) is 2.58. The van der Waals surface area contributed by atoms with Gasteiger partial charge in [0, 0.05) is 18.0 Å². The van der Waals surface area contributed by atoms with E-state index in [9.17, 15) is 4.79 Å². The average Bonchev–Trinajstić information content (AvgIpc) is 3.00. The number of allylic oxidation sites excluding steroid dienone is 1. The van der Waals surface area contributed by atoms with Gasteiger partial charge in [0.05, 0.1) is 12.9 Å². The third kappa shape index (κ3) is 4.02. The number of nitrogens with one attached hydrogen (secondary N) is 1. The van der Waals surface area contributed by atoms with Crippen molar-refractivity contribution in [1.29, 1.82) is 0 Å². The van der Waals surface area contributed by atoms with Crippen molar-refractivity contribution in [1.82, 2.24) is 0 Å². The number of hydrogen-bond donors (Lipinski definition) is 1. The Balaban J connectivity index is 1.86. The number of furan rings is 1. The molecule has 2 rings (SSSR count). The van der Waals surface area contributed by atoms with Crippen molar-refractivity contribution >= 4 is 11.5 Å². The number of rotatable bonds is 7. The molecule has 104 valence electrons. The van der Waals surface area contributed by atoms with Crippen LogP contribution in [0.25, 0.3) is 0 Å². The van der Waals surface area contributed by atoms with Crippen molar-refractivity contribution < 1.29 is 13.9 Å². The first-order valence-corrected chi connectivity index (χ1v) is 6.53. The molecule has 1 N–H and O–H groups in total. The van der Waals surface area contributed by atoms with Crippen LogP contribution >= 0.6 is 0 Å². The van der Waals surface area contributed by atoms with Gasteiger partial charge < -0.3 is 14.5 Å². The van der Waals surface area contributed by atoms with Crippen LogP contribution in [0.3, 0.4) is 0 Å². The summed E-state index contributed by atoms with van der Waals surface area (Å²) < 4.78 is 10.5. The molecule has 0 amide bonds. The quantitative estimate of drug-likeness (QED) is 0.613. The highest BCUT2D eigenvalue weighted by atomic mass is 16.5. The summed E-state index contributed by atoms with van der Waals surface area (Å²) in [5, 5.41) is 3.02. The molecule has 4 heteroatoms. The first-order valence-electron chi connectivity index (χ1n) is 6.53. The molecule has 0 aliphatic carbocycles. The zero-order valence-electron chi connectivity index (χ0n) is 11.3. The summed E-state index contributed by atoms with van der Waals surface area (Å²) in [7, 11) is 0. The van der Waals surface area contributed by atoms with E-state index in [1.165, 1.54) is 12.3 Å². The smallest absolute Gasteiger partial charge is 0.222 e. The minimum absolute atomic E-state index is 0.176. The van der Waals surface area contributed by atoms with Crippen LogP contribution < -0.4 is 10.1 Å². The van der Waals surface area contributed by atoms with E-state index < -0.39 is 0 Å². The molecule has 4 nitrogen and oxygen atoms in total. The standard InChI is InChI=1S/C16H17NO3/c1-2-11-19-14-7-5-13(6-8-14)17-10-9-15(18)16-4-3-12-20-16/h3-10,12,17H,2,11H2,1H3. The molecule has 0 saturated heterocycles. The number of ketones is 1. The lowest BCUT2D eigenvalue weighted by molar-refractivity contribution is 0.102. The van der Waals surface area contributed by atoms with Crippen LogP contribution in [0.5, 0.6) is 5.75 Å². The Morgan fingerprint density at radius 3 is 2.75 bits per heavy atom. The van der Waals surface area contributed by atoms with Crippen molar-refractivity contribution in [2.75, 3.05) is 11.9 Å². The number of ether oxygens (including phenoxy) is 1. The van der Waals surface area contributed by atoms with Crippen molar-refractivity contribution in [2.45, 2.75) is 13.3 Å². The van der Waals surface area contributed by atoms with Crippen LogP contribution in [0.2, 0.25) is 0 Å². The molecule has 0 aliphatic heterocycles. The zero-order valence-corrected chi connectivity index (χ0v) is 11.3. The van der Waals surface area contributed by atoms with Gasteiger partial charge in [-0.2, -0.15) is 0 Å². The highest BCUT2D eigenvalue weighted by Crippen LogP contribution is 2.15. The SMILES string of the molecule is CCCOc1ccc(NC=CC(=O)c2ccco2)cc1. The molecule has 1 aromatic heterocycles. The van der Waals surface area contributed by atoms with E-state index in [1.54, 1.807) is 18.3 Å². The van der Waals surface area contributed by atoms with Gasteiger partial charge in [0.15, 0.2) is 5.76 Å². The molecule has 0 unspecified atom stereocenters. The van der Waals surface area contributed by atoms with Gasteiger partial charge in [-0.15, -0.1) is 0 Å². The molecule has 0 radical (unpaired) electrons. The summed E-state index contributed by atoms with van der Waals surface area (Å²) in [4.78, 5) is 11.6. The van der Waals surface area contributed by atoms with Gasteiger partial charge in [-0.3, -0.25) is 4.79 Å². The Bertz CT molecular complexity index is 556. The Hall–Kier alpha value is -2.49. The van der Waals surface area contributed by atoms with Gasteiger partial charge in [0.25, 0.3) is 0 Å². The van der Waals surface area contributed by atoms with E-state index in [0.29, 0.717) is 12.4 Å². The lowest BCUT2D eigenvalue weighted by Gasteiger charge is -2.05. The van der Waals surface area contributed by atoms with Gasteiger partial charge >= 0.3 is 0 Å². The van der Waals surface area contributed by atoms with Crippen molar-refractivity contribution in [2.24, 2.45) is 0 Å². The van der Waals surface area contributed by atoms with Gasteiger partial charge in [0.2, 0.25) is 5.78 Å². The molecule has 0 atom stereocenters. The fraction of sp³-hybridized carbons (Fsp3) is 0.188. The molecule has 2 aromatic rings. The van der Waals surface area contributed by atoms with Crippen LogP contribution in [0.1, 0.15) is 23.9 Å². The molecule has 20 heavy (non-hydrogen) atoms. The summed E-state index contributed by atoms with van der Waals surface area (Å²) in [5.74, 6) is 0.991. The second-order valence-electron chi connectivity index (χ2n) is 4.19. The van der Waals surface area contributed by atoms with Crippen LogP contribution in [0.4, 0.5) is 5.69 Å². The second-order valence-corrected chi connectivity index (χ2v) is 4.19. The molecule has 0 bridgehead atoms. The topological polar surface area (TPSA) is 51.5 Å². The fourth-order valence-corrected chi connectivity index (χ4v) is 1.58. The van der Waals surface area contributed by atoms with Gasteiger partial charge in [-0.1, -0.05) is 6.92 Å². The zero-order chi connectivity index (χ0) is 14.2. The first-order chi connectivity index (χ1) is 9.79. The maximum absolute atomic E-state index is 11.6. The lowest BCUT2D eigenvalue weighted by Crippen LogP contribution is -1.96. The summed E-state index contributed by atoms with van der Waals surface area (Å²) in [6.07, 6.45) is 5.48. The summed E-state index contributed by atoms with van der Waals surface area (Å²) in [6.45, 7) is 2.78. The maximum atomic E-state index is 11.6. The summed E-state index contributed by atoms with van der Waals surface area (Å²) >= 11 is 0. The predicted molar refractivity (Wildman–Crippen MR) is 78.0 cm³/mol. The van der Waals surface area contributed by atoms with E-state index in [2.05, 4.69) is 12.2 Å². The molecule has 0 aliphatic rings. The van der Waals surface area contributed by atoms with E-state index in [4.69, 9.17) is 9.15 Å². The van der Waals surface area contributed by atoms with E-state index in [0.717, 1.165) is 17.9 Å². The highest BCUT2D eigenvalue weighted by molar-refractivity contribution is 6.02. The number of carbonyl (C=O) groups excluding carboxylic acids is 1. The molecular formula is C16H17NO3. The third-order valence-corrected chi connectivity index (χ3v) is 2.58. The molecule has 0 saturated carbocycles. The molecular weight excluding hydrogens is 254 g/mol. The monoisotopic (exact) mass is 271 g/mol. The van der Waals surface area contributed by atoms with Crippen LogP contribution in [-0.2, 0) is 0 Å². The Morgan fingerprint density at radius 2 is 2.10 bits per heavy atom. The van der Waals surface area contributed by atoms with Crippen molar-refractivity contribution in [3.05, 3.63) is 60.7 Å². The summed E-state index contributed by atoms with van der Waals surface area (Å²) in [5.41, 5.74) is 0.886. The van der Waals surface area contributed by atoms with E-state index in [1.807, 2.05) is 24.3 Å². The molecule has 1 aromatic carbocycles. The number of hydrogen-bond acceptors (Lipinski definition) is 4. The summed E-state index contributed by atoms with van der Waals surface area (Å²) in [6, 6.07) is 10.9. The predicted octanol–water partition coefficient (Wildman–Crippen LogP) is 3.88. The van der Waals surface area contributed by atoms with Crippen LogP contribution in [-0.4, -0.2) is 12.4 Å². The van der Waals surface area contributed by atoms with E-state index in [-0.39, 0.29) is 5.78 Å². The minimum Gasteiger partial charge on any atom is -0.494 e. The normalized spacial score (nSPS) is 10.7. The van der Waals surface area contributed by atoms with Gasteiger partial charge in [-0.05, 0) is 42.8 Å². The Morgan fingerprint density at radius 1 is 1.30 bits per heavy atom. The molecule has 0 spiro atoms. The molecule has 1 heterocycles. The van der Waals surface area contributed by atoms with Crippen molar-refractivity contribution in [3.63, 3.8) is 0 Å². The Labute approximate surface area is 118 Å². The Kier molecular flexibility index (Phi) is 5.00. The lowest BCUT2D eigenvalue weighted by atomic mass is 10.3. The minimum atomic E-state index is -0.176. The fourth-order valence-electron chi connectivity index (χ4n) is 1.58. The largest absolute Gasteiger partial charge is 0.494 e.